The third-order valence-electron chi connectivity index (χ3n) is 3.03. The molecule has 0 saturated carbocycles. The molecule has 1 aliphatic heterocycles. The summed E-state index contributed by atoms with van der Waals surface area (Å²) in [5, 5.41) is 0.546. The minimum absolute atomic E-state index is 0.298. The van der Waals surface area contributed by atoms with Crippen molar-refractivity contribution in [1.29, 1.82) is 0 Å². The fraction of sp³-hybridized carbons (Fsp3) is 0.417. The average molecular weight is 254 g/mol. The van der Waals surface area contributed by atoms with E-state index >= 15 is 0 Å². The summed E-state index contributed by atoms with van der Waals surface area (Å²) in [6, 6.07) is 5.35. The Morgan fingerprint density at radius 1 is 1.29 bits per heavy atom. The Morgan fingerprint density at radius 2 is 2.00 bits per heavy atom. The van der Waals surface area contributed by atoms with Gasteiger partial charge in [0.05, 0.1) is 5.56 Å². The molecule has 0 aromatic heterocycles. The number of carbonyl (C=O) groups is 1. The molecule has 1 amide bonds. The molecule has 0 unspecified atom stereocenters. The number of rotatable bonds is 2. The highest BCUT2D eigenvalue weighted by molar-refractivity contribution is 6.31. The summed E-state index contributed by atoms with van der Waals surface area (Å²) in [4.78, 5) is 13.9. The Labute approximate surface area is 106 Å². The summed E-state index contributed by atoms with van der Waals surface area (Å²) in [6.45, 7) is 1.96. The Kier molecular flexibility index (Phi) is 3.86. The molecular weight excluding hydrogens is 238 g/mol. The Morgan fingerprint density at radius 3 is 2.65 bits per heavy atom. The molecule has 1 aliphatic rings. The number of benzene rings is 1. The zero-order chi connectivity index (χ0) is 12.3. The minimum atomic E-state index is -0.298. The summed E-state index contributed by atoms with van der Waals surface area (Å²) in [6.07, 6.45) is 3.57. The van der Waals surface area contributed by atoms with Gasteiger partial charge in [-0.3, -0.25) is 10.2 Å². The SMILES string of the molecule is NNC(=O)c1cc(Cl)ccc1N1CCCCC1. The number of hydrogen-bond donors (Lipinski definition) is 2. The van der Waals surface area contributed by atoms with Crippen LogP contribution in [0.4, 0.5) is 5.69 Å². The molecule has 0 radical (unpaired) electrons. The molecule has 0 atom stereocenters. The van der Waals surface area contributed by atoms with Crippen LogP contribution in [0.1, 0.15) is 29.6 Å². The summed E-state index contributed by atoms with van der Waals surface area (Å²) >= 11 is 5.92. The van der Waals surface area contributed by atoms with Crippen LogP contribution in [-0.2, 0) is 0 Å². The molecule has 17 heavy (non-hydrogen) atoms. The van der Waals surface area contributed by atoms with E-state index in [4.69, 9.17) is 17.4 Å². The van der Waals surface area contributed by atoms with Gasteiger partial charge in [-0.15, -0.1) is 0 Å². The standard InChI is InChI=1S/C12H16ClN3O/c13-9-4-5-11(10(8-9)12(17)15-14)16-6-2-1-3-7-16/h4-5,8H,1-3,6-7,14H2,(H,15,17). The van der Waals surface area contributed by atoms with Crippen LogP contribution in [0.5, 0.6) is 0 Å². The molecule has 1 fully saturated rings. The lowest BCUT2D eigenvalue weighted by Gasteiger charge is -2.30. The van der Waals surface area contributed by atoms with Crippen LogP contribution in [0.25, 0.3) is 0 Å². The van der Waals surface area contributed by atoms with E-state index in [0.717, 1.165) is 31.6 Å². The molecule has 1 heterocycles. The fourth-order valence-corrected chi connectivity index (χ4v) is 2.35. The summed E-state index contributed by atoms with van der Waals surface area (Å²) in [7, 11) is 0. The first-order chi connectivity index (χ1) is 8.22. The molecule has 0 bridgehead atoms. The number of hydrogen-bond acceptors (Lipinski definition) is 3. The van der Waals surface area contributed by atoms with Crippen LogP contribution in [0.2, 0.25) is 5.02 Å². The van der Waals surface area contributed by atoms with Gasteiger partial charge in [-0.05, 0) is 37.5 Å². The van der Waals surface area contributed by atoms with Crippen molar-refractivity contribution in [2.24, 2.45) is 5.84 Å². The number of hydrazine groups is 1. The molecule has 3 N–H and O–H groups in total. The monoisotopic (exact) mass is 253 g/mol. The van der Waals surface area contributed by atoms with Crippen molar-refractivity contribution >= 4 is 23.2 Å². The smallest absolute Gasteiger partial charge is 0.267 e. The second-order valence-corrected chi connectivity index (χ2v) is 4.62. The van der Waals surface area contributed by atoms with Gasteiger partial charge in [0.15, 0.2) is 0 Å². The van der Waals surface area contributed by atoms with E-state index in [2.05, 4.69) is 10.3 Å². The van der Waals surface area contributed by atoms with Gasteiger partial charge in [-0.1, -0.05) is 11.6 Å². The third-order valence-corrected chi connectivity index (χ3v) is 3.27. The van der Waals surface area contributed by atoms with Gasteiger partial charge in [0.25, 0.3) is 5.91 Å². The molecule has 2 rings (SSSR count). The highest BCUT2D eigenvalue weighted by atomic mass is 35.5. The average Bonchev–Trinajstić information content (AvgIpc) is 2.38. The maximum Gasteiger partial charge on any atom is 0.267 e. The first kappa shape index (κ1) is 12.2. The first-order valence-electron chi connectivity index (χ1n) is 5.78. The zero-order valence-corrected chi connectivity index (χ0v) is 10.3. The highest BCUT2D eigenvalue weighted by Crippen LogP contribution is 2.26. The van der Waals surface area contributed by atoms with Crippen molar-refractivity contribution in [2.45, 2.75) is 19.3 Å². The van der Waals surface area contributed by atoms with E-state index in [1.165, 1.54) is 6.42 Å². The van der Waals surface area contributed by atoms with E-state index in [-0.39, 0.29) is 5.91 Å². The van der Waals surface area contributed by atoms with Crippen molar-refractivity contribution in [3.05, 3.63) is 28.8 Å². The maximum absolute atomic E-state index is 11.7. The lowest BCUT2D eigenvalue weighted by atomic mass is 10.1. The second kappa shape index (κ2) is 5.38. The third kappa shape index (κ3) is 2.70. The van der Waals surface area contributed by atoms with Gasteiger partial charge in [-0.2, -0.15) is 0 Å². The van der Waals surface area contributed by atoms with Gasteiger partial charge >= 0.3 is 0 Å². The summed E-state index contributed by atoms with van der Waals surface area (Å²) in [5.41, 5.74) is 3.62. The van der Waals surface area contributed by atoms with Crippen LogP contribution in [0, 0.1) is 0 Å². The van der Waals surface area contributed by atoms with Crippen molar-refractivity contribution in [2.75, 3.05) is 18.0 Å². The molecule has 4 nitrogen and oxygen atoms in total. The van der Waals surface area contributed by atoms with Crippen LogP contribution < -0.4 is 16.2 Å². The molecule has 1 saturated heterocycles. The van der Waals surface area contributed by atoms with Gasteiger partial charge in [0.1, 0.15) is 0 Å². The fourth-order valence-electron chi connectivity index (χ4n) is 2.18. The molecule has 0 spiro atoms. The molecule has 5 heteroatoms. The van der Waals surface area contributed by atoms with E-state index in [9.17, 15) is 4.79 Å². The second-order valence-electron chi connectivity index (χ2n) is 4.18. The predicted molar refractivity (Wildman–Crippen MR) is 69.2 cm³/mol. The largest absolute Gasteiger partial charge is 0.371 e. The summed E-state index contributed by atoms with van der Waals surface area (Å²) in [5.74, 6) is 4.89. The van der Waals surface area contributed by atoms with E-state index in [0.29, 0.717) is 10.6 Å². The van der Waals surface area contributed by atoms with Gasteiger partial charge in [-0.25, -0.2) is 5.84 Å². The molecular formula is C12H16ClN3O. The predicted octanol–water partition coefficient (Wildman–Crippen LogP) is 1.93. The van der Waals surface area contributed by atoms with Crippen LogP contribution in [-0.4, -0.2) is 19.0 Å². The number of amides is 1. The quantitative estimate of drug-likeness (QED) is 0.481. The Balaban J connectivity index is 2.34. The lowest BCUT2D eigenvalue weighted by molar-refractivity contribution is 0.0954. The Hall–Kier alpha value is -1.26. The van der Waals surface area contributed by atoms with E-state index in [1.54, 1.807) is 12.1 Å². The molecule has 1 aromatic carbocycles. The number of nitrogens with one attached hydrogen (secondary N) is 1. The number of piperidine rings is 1. The lowest BCUT2D eigenvalue weighted by Crippen LogP contribution is -2.34. The number of halogens is 1. The normalized spacial score (nSPS) is 15.8. The van der Waals surface area contributed by atoms with Crippen molar-refractivity contribution in [3.8, 4) is 0 Å². The molecule has 0 aliphatic carbocycles. The number of carbonyl (C=O) groups excluding carboxylic acids is 1. The van der Waals surface area contributed by atoms with Crippen LogP contribution >= 0.6 is 11.6 Å². The van der Waals surface area contributed by atoms with Crippen molar-refractivity contribution < 1.29 is 4.79 Å². The number of nitrogen functional groups attached to an aromatic ring is 1. The van der Waals surface area contributed by atoms with E-state index in [1.807, 2.05) is 6.07 Å². The number of nitrogens with two attached hydrogens (primary N) is 1. The first-order valence-corrected chi connectivity index (χ1v) is 6.15. The zero-order valence-electron chi connectivity index (χ0n) is 9.58. The van der Waals surface area contributed by atoms with Gasteiger partial charge < -0.3 is 4.90 Å². The van der Waals surface area contributed by atoms with Crippen molar-refractivity contribution in [1.82, 2.24) is 5.43 Å². The van der Waals surface area contributed by atoms with Gasteiger partial charge in [0, 0.05) is 23.8 Å². The minimum Gasteiger partial charge on any atom is -0.371 e. The molecule has 92 valence electrons. The van der Waals surface area contributed by atoms with E-state index < -0.39 is 0 Å². The van der Waals surface area contributed by atoms with Crippen LogP contribution in [0.3, 0.4) is 0 Å². The Bertz CT molecular complexity index is 416. The summed E-state index contributed by atoms with van der Waals surface area (Å²) < 4.78 is 0. The number of nitrogens with zero attached hydrogens (tertiary/aromatic N) is 1. The van der Waals surface area contributed by atoms with Gasteiger partial charge in [0.2, 0.25) is 0 Å². The number of anilines is 1. The van der Waals surface area contributed by atoms with Crippen molar-refractivity contribution in [3.63, 3.8) is 0 Å². The maximum atomic E-state index is 11.7. The highest BCUT2D eigenvalue weighted by Gasteiger charge is 2.18. The molecule has 1 aromatic rings. The topological polar surface area (TPSA) is 58.4 Å². The van der Waals surface area contributed by atoms with Crippen LogP contribution in [0.15, 0.2) is 18.2 Å².